The number of hydrogen-bond donors (Lipinski definition) is 2. The lowest BCUT2D eigenvalue weighted by Crippen LogP contribution is -2.44. The molecule has 1 unspecified atom stereocenters. The van der Waals surface area contributed by atoms with Gasteiger partial charge in [0.25, 0.3) is 0 Å². The van der Waals surface area contributed by atoms with E-state index in [-0.39, 0.29) is 0 Å². The normalized spacial score (nSPS) is 17.1. The van der Waals surface area contributed by atoms with Gasteiger partial charge in [-0.25, -0.2) is 9.67 Å². The smallest absolute Gasteiger partial charge is 0.191 e. The Morgan fingerprint density at radius 3 is 2.68 bits per heavy atom. The van der Waals surface area contributed by atoms with Crippen molar-refractivity contribution in [3.05, 3.63) is 83.9 Å². The van der Waals surface area contributed by atoms with E-state index in [0.717, 1.165) is 38.7 Å². The van der Waals surface area contributed by atoms with Crippen LogP contribution in [0.2, 0.25) is 0 Å². The monoisotopic (exact) mass is 417 g/mol. The molecular weight excluding hydrogens is 386 g/mol. The number of guanidine groups is 1. The molecule has 7 nitrogen and oxygen atoms in total. The van der Waals surface area contributed by atoms with Crippen molar-refractivity contribution in [2.24, 2.45) is 4.99 Å². The maximum absolute atomic E-state index is 4.41. The van der Waals surface area contributed by atoms with E-state index in [4.69, 9.17) is 0 Å². The van der Waals surface area contributed by atoms with Crippen LogP contribution >= 0.6 is 0 Å². The molecule has 4 rings (SSSR count). The number of aliphatic imine (C=N–C) groups is 1. The van der Waals surface area contributed by atoms with Gasteiger partial charge in [-0.05, 0) is 36.1 Å². The van der Waals surface area contributed by atoms with Crippen molar-refractivity contribution in [3.8, 4) is 0 Å². The molecule has 1 aromatic heterocycles. The second kappa shape index (κ2) is 10.7. The van der Waals surface area contributed by atoms with E-state index in [1.54, 1.807) is 12.7 Å². The molecular formula is C24H31N7. The van der Waals surface area contributed by atoms with Crippen LogP contribution in [0, 0.1) is 0 Å². The lowest BCUT2D eigenvalue weighted by atomic mass is 10.1. The Bertz CT molecular complexity index is 953. The molecule has 1 saturated heterocycles. The third-order valence-corrected chi connectivity index (χ3v) is 5.72. The van der Waals surface area contributed by atoms with Crippen molar-refractivity contribution in [1.29, 1.82) is 0 Å². The average molecular weight is 418 g/mol. The predicted octanol–water partition coefficient (Wildman–Crippen LogP) is 2.66. The highest BCUT2D eigenvalue weighted by Crippen LogP contribution is 2.19. The molecule has 0 saturated carbocycles. The third kappa shape index (κ3) is 6.15. The summed E-state index contributed by atoms with van der Waals surface area (Å²) >= 11 is 0. The molecule has 162 valence electrons. The molecule has 1 fully saturated rings. The van der Waals surface area contributed by atoms with Gasteiger partial charge in [0.1, 0.15) is 12.7 Å². The van der Waals surface area contributed by atoms with E-state index in [1.807, 2.05) is 11.7 Å². The van der Waals surface area contributed by atoms with Gasteiger partial charge in [0.15, 0.2) is 5.96 Å². The van der Waals surface area contributed by atoms with Gasteiger partial charge in [0.05, 0.1) is 6.54 Å². The molecule has 31 heavy (non-hydrogen) atoms. The van der Waals surface area contributed by atoms with Crippen LogP contribution in [0.4, 0.5) is 0 Å². The minimum Gasteiger partial charge on any atom is -0.355 e. The number of nitrogens with one attached hydrogen (secondary N) is 2. The zero-order valence-electron chi connectivity index (χ0n) is 18.1. The summed E-state index contributed by atoms with van der Waals surface area (Å²) in [5, 5.41) is 11.1. The highest BCUT2D eigenvalue weighted by Gasteiger charge is 2.24. The van der Waals surface area contributed by atoms with Gasteiger partial charge in [0.2, 0.25) is 0 Å². The minimum absolute atomic E-state index is 0.532. The van der Waals surface area contributed by atoms with Crippen molar-refractivity contribution in [3.63, 3.8) is 0 Å². The van der Waals surface area contributed by atoms with Crippen LogP contribution < -0.4 is 10.6 Å². The van der Waals surface area contributed by atoms with E-state index < -0.39 is 0 Å². The molecule has 0 spiro atoms. The fourth-order valence-corrected chi connectivity index (χ4v) is 4.11. The molecule has 0 amide bonds. The Labute approximate surface area is 184 Å². The lowest BCUT2D eigenvalue weighted by Gasteiger charge is -2.25. The van der Waals surface area contributed by atoms with E-state index in [2.05, 4.69) is 85.2 Å². The summed E-state index contributed by atoms with van der Waals surface area (Å²) < 4.78 is 1.83. The number of aromatic nitrogens is 3. The molecule has 2 N–H and O–H groups in total. The molecule has 0 radical (unpaired) electrons. The van der Waals surface area contributed by atoms with Crippen molar-refractivity contribution < 1.29 is 0 Å². The molecule has 2 heterocycles. The van der Waals surface area contributed by atoms with Crippen molar-refractivity contribution >= 4 is 5.96 Å². The van der Waals surface area contributed by atoms with Crippen molar-refractivity contribution in [1.82, 2.24) is 30.3 Å². The van der Waals surface area contributed by atoms with E-state index in [9.17, 15) is 0 Å². The molecule has 7 heteroatoms. The van der Waals surface area contributed by atoms with Crippen LogP contribution in [0.1, 0.15) is 29.5 Å². The Morgan fingerprint density at radius 2 is 1.87 bits per heavy atom. The summed E-state index contributed by atoms with van der Waals surface area (Å²) in [7, 11) is 1.83. The van der Waals surface area contributed by atoms with Crippen LogP contribution in [-0.4, -0.2) is 51.8 Å². The highest BCUT2D eigenvalue weighted by molar-refractivity contribution is 5.79. The Kier molecular flexibility index (Phi) is 7.28. The Morgan fingerprint density at radius 1 is 1.03 bits per heavy atom. The summed E-state index contributed by atoms with van der Waals surface area (Å²) in [4.78, 5) is 11.0. The first kappa shape index (κ1) is 21.1. The van der Waals surface area contributed by atoms with Gasteiger partial charge in [0, 0.05) is 32.7 Å². The number of nitrogens with zero attached hydrogens (tertiary/aromatic N) is 5. The maximum Gasteiger partial charge on any atom is 0.191 e. The average Bonchev–Trinajstić information content (AvgIpc) is 3.47. The maximum atomic E-state index is 4.41. The zero-order valence-corrected chi connectivity index (χ0v) is 18.1. The van der Waals surface area contributed by atoms with Gasteiger partial charge >= 0.3 is 0 Å². The van der Waals surface area contributed by atoms with Gasteiger partial charge in [-0.1, -0.05) is 54.6 Å². The fraction of sp³-hybridized carbons (Fsp3) is 0.375. The number of benzene rings is 2. The molecule has 3 aromatic rings. The van der Waals surface area contributed by atoms with Gasteiger partial charge < -0.3 is 10.6 Å². The second-order valence-electron chi connectivity index (χ2n) is 7.97. The van der Waals surface area contributed by atoms with Crippen LogP contribution in [0.15, 0.2) is 72.2 Å². The number of likely N-dealkylation sites (tertiary alicyclic amines) is 1. The standard InChI is InChI=1S/C24H31N7/c1-25-24(27-14-21-9-5-10-22(13-21)17-31-19-26-18-29-31)28-15-23-11-6-12-30(23)16-20-7-3-2-4-8-20/h2-5,7-10,13,18-19,23H,6,11-12,14-17H2,1H3,(H2,25,27,28). The fourth-order valence-electron chi connectivity index (χ4n) is 4.11. The first-order chi connectivity index (χ1) is 15.3. The highest BCUT2D eigenvalue weighted by atomic mass is 15.3. The summed E-state index contributed by atoms with van der Waals surface area (Å²) in [6, 6.07) is 19.8. The summed E-state index contributed by atoms with van der Waals surface area (Å²) in [5.74, 6) is 0.841. The van der Waals surface area contributed by atoms with Gasteiger partial charge in [-0.15, -0.1) is 0 Å². The van der Waals surface area contributed by atoms with Crippen LogP contribution in [-0.2, 0) is 19.6 Å². The first-order valence-corrected chi connectivity index (χ1v) is 10.9. The molecule has 2 aromatic carbocycles. The van der Waals surface area contributed by atoms with Crippen molar-refractivity contribution in [2.75, 3.05) is 20.1 Å². The third-order valence-electron chi connectivity index (χ3n) is 5.72. The number of hydrogen-bond acceptors (Lipinski definition) is 4. The molecule has 1 aliphatic heterocycles. The number of rotatable bonds is 8. The Balaban J connectivity index is 1.26. The first-order valence-electron chi connectivity index (χ1n) is 10.9. The van der Waals surface area contributed by atoms with Gasteiger partial charge in [-0.3, -0.25) is 9.89 Å². The zero-order chi connectivity index (χ0) is 21.3. The molecule has 0 bridgehead atoms. The minimum atomic E-state index is 0.532. The summed E-state index contributed by atoms with van der Waals surface area (Å²) in [6.07, 6.45) is 5.78. The van der Waals surface area contributed by atoms with Gasteiger partial charge in [-0.2, -0.15) is 5.10 Å². The predicted molar refractivity (Wildman–Crippen MR) is 124 cm³/mol. The van der Waals surface area contributed by atoms with E-state index in [0.29, 0.717) is 6.04 Å². The quantitative estimate of drug-likeness (QED) is 0.436. The largest absolute Gasteiger partial charge is 0.355 e. The van der Waals surface area contributed by atoms with Crippen LogP contribution in [0.3, 0.4) is 0 Å². The SMILES string of the molecule is CN=C(NCc1cccc(Cn2cncn2)c1)NCC1CCCN1Cc1ccccc1. The van der Waals surface area contributed by atoms with Crippen LogP contribution in [0.5, 0.6) is 0 Å². The summed E-state index contributed by atoms with van der Waals surface area (Å²) in [6.45, 7) is 4.52. The summed E-state index contributed by atoms with van der Waals surface area (Å²) in [5.41, 5.74) is 3.80. The lowest BCUT2D eigenvalue weighted by molar-refractivity contribution is 0.245. The topological polar surface area (TPSA) is 70.4 Å². The van der Waals surface area contributed by atoms with E-state index in [1.165, 1.54) is 29.5 Å². The van der Waals surface area contributed by atoms with Crippen molar-refractivity contribution in [2.45, 2.75) is 38.5 Å². The molecule has 1 atom stereocenters. The van der Waals surface area contributed by atoms with E-state index >= 15 is 0 Å². The van der Waals surface area contributed by atoms with Crippen LogP contribution in [0.25, 0.3) is 0 Å². The second-order valence-corrected chi connectivity index (χ2v) is 7.97. The molecule has 1 aliphatic rings. The Hall–Kier alpha value is -3.19. The molecule has 0 aliphatic carbocycles.